The fraction of sp³-hybridized carbons (Fsp3) is 0.0667. The van der Waals surface area contributed by atoms with Gasteiger partial charge in [-0.3, -0.25) is 10.1 Å². The van der Waals surface area contributed by atoms with Gasteiger partial charge in [0.25, 0.3) is 5.91 Å². The average molecular weight is 286 g/mol. The largest absolute Gasteiger partial charge is 0.508 e. The number of amides is 1. The Morgan fingerprint density at radius 3 is 2.50 bits per heavy atom. The standard InChI is InChI=1S/C15H14N2O2S/c1-10-3-2-4-11(9-10)14(19)17-15(20)16-12-5-7-13(18)8-6-12/h2-9,18H,1H3,(H2,16,17,19,20). The van der Waals surface area contributed by atoms with Crippen molar-refractivity contribution >= 4 is 28.9 Å². The normalized spacial score (nSPS) is 9.85. The highest BCUT2D eigenvalue weighted by molar-refractivity contribution is 7.80. The molecule has 0 saturated heterocycles. The molecule has 0 aromatic heterocycles. The van der Waals surface area contributed by atoms with Gasteiger partial charge in [0.05, 0.1) is 0 Å². The number of aryl methyl sites for hydroxylation is 1. The van der Waals surface area contributed by atoms with Gasteiger partial charge >= 0.3 is 0 Å². The van der Waals surface area contributed by atoms with Crippen molar-refractivity contribution in [1.82, 2.24) is 5.32 Å². The van der Waals surface area contributed by atoms with Crippen molar-refractivity contribution in [2.75, 3.05) is 5.32 Å². The molecular weight excluding hydrogens is 272 g/mol. The summed E-state index contributed by atoms with van der Waals surface area (Å²) in [5, 5.41) is 14.9. The number of benzene rings is 2. The van der Waals surface area contributed by atoms with Crippen molar-refractivity contribution in [3.05, 3.63) is 59.7 Å². The molecule has 0 aliphatic carbocycles. The average Bonchev–Trinajstić information content (AvgIpc) is 2.41. The number of hydrogen-bond acceptors (Lipinski definition) is 3. The van der Waals surface area contributed by atoms with Gasteiger partial charge in [0, 0.05) is 11.3 Å². The Kier molecular flexibility index (Phi) is 4.32. The predicted molar refractivity (Wildman–Crippen MR) is 83.0 cm³/mol. The maximum Gasteiger partial charge on any atom is 0.257 e. The molecule has 3 N–H and O–H groups in total. The van der Waals surface area contributed by atoms with Gasteiger partial charge < -0.3 is 10.4 Å². The van der Waals surface area contributed by atoms with E-state index in [1.807, 2.05) is 19.1 Å². The minimum atomic E-state index is -0.259. The molecule has 0 radical (unpaired) electrons. The van der Waals surface area contributed by atoms with E-state index >= 15 is 0 Å². The predicted octanol–water partition coefficient (Wildman–Crippen LogP) is 2.83. The minimum absolute atomic E-state index is 0.172. The van der Waals surface area contributed by atoms with Crippen molar-refractivity contribution in [3.63, 3.8) is 0 Å². The molecule has 0 bridgehead atoms. The Balaban J connectivity index is 1.97. The molecule has 1 amide bonds. The topological polar surface area (TPSA) is 61.4 Å². The molecule has 4 nitrogen and oxygen atoms in total. The summed E-state index contributed by atoms with van der Waals surface area (Å²) >= 11 is 5.07. The zero-order valence-electron chi connectivity index (χ0n) is 10.9. The highest BCUT2D eigenvalue weighted by Crippen LogP contribution is 2.13. The Bertz CT molecular complexity index is 639. The number of rotatable bonds is 2. The molecule has 0 atom stereocenters. The molecule has 0 fully saturated rings. The van der Waals surface area contributed by atoms with Gasteiger partial charge in [0.1, 0.15) is 5.75 Å². The van der Waals surface area contributed by atoms with Crippen molar-refractivity contribution in [3.8, 4) is 5.75 Å². The molecule has 0 heterocycles. The lowest BCUT2D eigenvalue weighted by molar-refractivity contribution is 0.0977. The summed E-state index contributed by atoms with van der Waals surface area (Å²) < 4.78 is 0. The van der Waals surface area contributed by atoms with Crippen molar-refractivity contribution < 1.29 is 9.90 Å². The van der Waals surface area contributed by atoms with Crippen LogP contribution in [0.3, 0.4) is 0 Å². The Labute approximate surface area is 122 Å². The van der Waals surface area contributed by atoms with Crippen LogP contribution in [-0.4, -0.2) is 16.1 Å². The fourth-order valence-corrected chi connectivity index (χ4v) is 1.88. The number of carbonyl (C=O) groups is 1. The minimum Gasteiger partial charge on any atom is -0.508 e. The van der Waals surface area contributed by atoms with Gasteiger partial charge in [-0.1, -0.05) is 17.7 Å². The fourth-order valence-electron chi connectivity index (χ4n) is 1.67. The zero-order valence-corrected chi connectivity index (χ0v) is 11.7. The number of anilines is 1. The number of phenolic OH excluding ortho intramolecular Hbond substituents is 1. The Morgan fingerprint density at radius 1 is 1.15 bits per heavy atom. The lowest BCUT2D eigenvalue weighted by Gasteiger charge is -2.09. The molecule has 5 heteroatoms. The third-order valence-electron chi connectivity index (χ3n) is 2.63. The first kappa shape index (κ1) is 14.0. The second kappa shape index (κ2) is 6.16. The Hall–Kier alpha value is -2.40. The molecule has 20 heavy (non-hydrogen) atoms. The SMILES string of the molecule is Cc1cccc(C(=O)NC(=S)Nc2ccc(O)cc2)c1. The smallest absolute Gasteiger partial charge is 0.257 e. The van der Waals surface area contributed by atoms with Gasteiger partial charge in [-0.05, 0) is 55.5 Å². The summed E-state index contributed by atoms with van der Waals surface area (Å²) in [7, 11) is 0. The molecule has 0 unspecified atom stereocenters. The number of phenols is 1. The van der Waals surface area contributed by atoms with Crippen LogP contribution in [0, 0.1) is 6.92 Å². The van der Waals surface area contributed by atoms with Crippen LogP contribution in [0.15, 0.2) is 48.5 Å². The summed E-state index contributed by atoms with van der Waals surface area (Å²) in [6.07, 6.45) is 0. The van der Waals surface area contributed by atoms with E-state index in [2.05, 4.69) is 10.6 Å². The van der Waals surface area contributed by atoms with E-state index in [9.17, 15) is 9.90 Å². The molecule has 0 aliphatic heterocycles. The van der Waals surface area contributed by atoms with E-state index in [1.165, 1.54) is 12.1 Å². The van der Waals surface area contributed by atoms with Gasteiger partial charge in [-0.15, -0.1) is 0 Å². The first-order valence-corrected chi connectivity index (χ1v) is 6.43. The van der Waals surface area contributed by atoms with Crippen LogP contribution in [0.1, 0.15) is 15.9 Å². The monoisotopic (exact) mass is 286 g/mol. The van der Waals surface area contributed by atoms with E-state index in [4.69, 9.17) is 12.2 Å². The first-order valence-electron chi connectivity index (χ1n) is 6.02. The van der Waals surface area contributed by atoms with E-state index < -0.39 is 0 Å². The number of carbonyl (C=O) groups excluding carboxylic acids is 1. The maximum atomic E-state index is 12.0. The van der Waals surface area contributed by atoms with Crippen molar-refractivity contribution in [2.24, 2.45) is 0 Å². The first-order chi connectivity index (χ1) is 9.54. The zero-order chi connectivity index (χ0) is 14.5. The third kappa shape index (κ3) is 3.80. The third-order valence-corrected chi connectivity index (χ3v) is 2.84. The van der Waals surface area contributed by atoms with Crippen molar-refractivity contribution in [1.29, 1.82) is 0 Å². The van der Waals surface area contributed by atoms with Gasteiger partial charge in [-0.2, -0.15) is 0 Å². The molecular formula is C15H14N2O2S. The lowest BCUT2D eigenvalue weighted by atomic mass is 10.1. The molecule has 2 aromatic carbocycles. The van der Waals surface area contributed by atoms with Crippen LogP contribution < -0.4 is 10.6 Å². The van der Waals surface area contributed by atoms with Crippen LogP contribution in [0.25, 0.3) is 0 Å². The molecule has 2 aromatic rings. The quantitative estimate of drug-likeness (QED) is 0.587. The number of aromatic hydroxyl groups is 1. The second-order valence-corrected chi connectivity index (χ2v) is 4.73. The number of thiocarbonyl (C=S) groups is 1. The summed E-state index contributed by atoms with van der Waals surface area (Å²) in [5.41, 5.74) is 2.26. The molecule has 102 valence electrons. The maximum absolute atomic E-state index is 12.0. The van der Waals surface area contributed by atoms with Crippen LogP contribution in [-0.2, 0) is 0 Å². The Morgan fingerprint density at radius 2 is 1.85 bits per heavy atom. The highest BCUT2D eigenvalue weighted by Gasteiger charge is 2.07. The molecule has 2 rings (SSSR count). The molecule has 0 saturated carbocycles. The van der Waals surface area contributed by atoms with Crippen LogP contribution in [0.5, 0.6) is 5.75 Å². The van der Waals surface area contributed by atoms with Gasteiger partial charge in [-0.25, -0.2) is 0 Å². The summed E-state index contributed by atoms with van der Waals surface area (Å²) in [6.45, 7) is 1.92. The number of hydrogen-bond donors (Lipinski definition) is 3. The van der Waals surface area contributed by atoms with E-state index in [0.29, 0.717) is 11.3 Å². The van der Waals surface area contributed by atoms with E-state index in [0.717, 1.165) is 5.56 Å². The second-order valence-electron chi connectivity index (χ2n) is 4.32. The molecule has 0 spiro atoms. The van der Waals surface area contributed by atoms with Gasteiger partial charge in [0.15, 0.2) is 5.11 Å². The summed E-state index contributed by atoms with van der Waals surface area (Å²) in [5.74, 6) is -0.0877. The van der Waals surface area contributed by atoms with Crippen LogP contribution in [0.4, 0.5) is 5.69 Å². The highest BCUT2D eigenvalue weighted by atomic mass is 32.1. The number of nitrogens with one attached hydrogen (secondary N) is 2. The summed E-state index contributed by atoms with van der Waals surface area (Å²) in [4.78, 5) is 12.0. The van der Waals surface area contributed by atoms with E-state index in [-0.39, 0.29) is 16.8 Å². The van der Waals surface area contributed by atoms with Crippen molar-refractivity contribution in [2.45, 2.75) is 6.92 Å². The van der Waals surface area contributed by atoms with Crippen LogP contribution >= 0.6 is 12.2 Å². The summed E-state index contributed by atoms with van der Waals surface area (Å²) in [6, 6.07) is 13.7. The van der Waals surface area contributed by atoms with E-state index in [1.54, 1.807) is 24.3 Å². The molecule has 0 aliphatic rings. The lowest BCUT2D eigenvalue weighted by Crippen LogP contribution is -2.34. The van der Waals surface area contributed by atoms with Crippen LogP contribution in [0.2, 0.25) is 0 Å². The van der Waals surface area contributed by atoms with Gasteiger partial charge in [0.2, 0.25) is 0 Å².